The number of methoxy groups -OCH3 is 1. The molecule has 1 unspecified atom stereocenters. The van der Waals surface area contributed by atoms with E-state index in [-0.39, 0.29) is 11.7 Å². The number of hydrogen-bond acceptors (Lipinski definition) is 5. The van der Waals surface area contributed by atoms with Crippen molar-refractivity contribution in [2.75, 3.05) is 26.7 Å². The summed E-state index contributed by atoms with van der Waals surface area (Å²) in [6, 6.07) is 14.0. The SMILES string of the molecule is COc1ccc2nccc(C(O)CC[C@@H]3CCN(CCCc4cccc(F)c4)C[C@@H]3C(=O)O)c2c1. The third-order valence-corrected chi connectivity index (χ3v) is 7.14. The van der Waals surface area contributed by atoms with Crippen molar-refractivity contribution in [3.05, 3.63) is 71.7 Å². The number of aliphatic carboxylic acids is 1. The summed E-state index contributed by atoms with van der Waals surface area (Å²) in [5, 5.41) is 21.7. The van der Waals surface area contributed by atoms with Gasteiger partial charge in [0.1, 0.15) is 11.6 Å². The highest BCUT2D eigenvalue weighted by atomic mass is 19.1. The van der Waals surface area contributed by atoms with E-state index in [1.807, 2.05) is 30.3 Å². The largest absolute Gasteiger partial charge is 0.497 e. The Morgan fingerprint density at radius 3 is 2.89 bits per heavy atom. The number of aromatic nitrogens is 1. The van der Waals surface area contributed by atoms with Crippen LogP contribution in [0, 0.1) is 17.7 Å². The Hall–Kier alpha value is -3.03. The summed E-state index contributed by atoms with van der Waals surface area (Å²) in [4.78, 5) is 18.6. The lowest BCUT2D eigenvalue weighted by Gasteiger charge is -2.37. The van der Waals surface area contributed by atoms with Gasteiger partial charge in [-0.1, -0.05) is 12.1 Å². The van der Waals surface area contributed by atoms with Crippen LogP contribution in [0.25, 0.3) is 10.9 Å². The van der Waals surface area contributed by atoms with Crippen molar-refractivity contribution in [3.8, 4) is 5.75 Å². The molecule has 0 aliphatic carbocycles. The molecule has 1 aromatic heterocycles. The zero-order valence-electron chi connectivity index (χ0n) is 20.1. The van der Waals surface area contributed by atoms with Gasteiger partial charge in [0.25, 0.3) is 0 Å². The Morgan fingerprint density at radius 1 is 1.26 bits per heavy atom. The summed E-state index contributed by atoms with van der Waals surface area (Å²) in [5.74, 6) is -0.743. The Morgan fingerprint density at radius 2 is 2.11 bits per heavy atom. The van der Waals surface area contributed by atoms with Crippen LogP contribution in [0.2, 0.25) is 0 Å². The lowest BCUT2D eigenvalue weighted by Crippen LogP contribution is -2.44. The molecule has 0 saturated carbocycles. The van der Waals surface area contributed by atoms with Gasteiger partial charge in [0.05, 0.1) is 24.6 Å². The molecule has 4 rings (SSSR count). The van der Waals surface area contributed by atoms with E-state index in [1.54, 1.807) is 25.4 Å². The van der Waals surface area contributed by atoms with Gasteiger partial charge in [-0.3, -0.25) is 9.78 Å². The highest BCUT2D eigenvalue weighted by Gasteiger charge is 2.34. The van der Waals surface area contributed by atoms with Crippen molar-refractivity contribution >= 4 is 16.9 Å². The zero-order valence-corrected chi connectivity index (χ0v) is 20.1. The molecule has 2 heterocycles. The van der Waals surface area contributed by atoms with Crippen LogP contribution in [-0.2, 0) is 11.2 Å². The Kier molecular flexibility index (Phi) is 8.31. The molecule has 0 amide bonds. The lowest BCUT2D eigenvalue weighted by atomic mass is 9.81. The van der Waals surface area contributed by atoms with Gasteiger partial charge in [0, 0.05) is 18.1 Å². The molecule has 3 atom stereocenters. The number of piperidine rings is 1. The summed E-state index contributed by atoms with van der Waals surface area (Å²) >= 11 is 0. The van der Waals surface area contributed by atoms with Gasteiger partial charge in [-0.2, -0.15) is 0 Å². The molecule has 35 heavy (non-hydrogen) atoms. The van der Waals surface area contributed by atoms with Gasteiger partial charge in [0.15, 0.2) is 0 Å². The molecule has 2 N–H and O–H groups in total. The molecule has 0 radical (unpaired) electrons. The fourth-order valence-electron chi connectivity index (χ4n) is 5.19. The van der Waals surface area contributed by atoms with Crippen molar-refractivity contribution in [2.24, 2.45) is 11.8 Å². The number of aliphatic hydroxyl groups is 1. The molecule has 1 aliphatic rings. The zero-order chi connectivity index (χ0) is 24.8. The standard InChI is InChI=1S/C28H33FN2O4/c1-35-22-8-9-26-24(17-22)23(11-13-30-26)27(32)10-7-20-12-15-31(18-25(20)28(33)34)14-3-5-19-4-2-6-21(29)16-19/h2,4,6,8-9,11,13,16-17,20,25,27,32H,3,5,7,10,12,14-15,18H2,1H3,(H,33,34)/t20-,25+,27?/m1/s1. The number of carboxylic acids is 1. The molecule has 0 spiro atoms. The molecular formula is C28H33FN2O4. The maximum absolute atomic E-state index is 13.4. The van der Waals surface area contributed by atoms with Crippen molar-refractivity contribution in [1.29, 1.82) is 0 Å². The highest BCUT2D eigenvalue weighted by molar-refractivity contribution is 5.83. The molecule has 1 aliphatic heterocycles. The van der Waals surface area contributed by atoms with Crippen LogP contribution >= 0.6 is 0 Å². The summed E-state index contributed by atoms with van der Waals surface area (Å²) < 4.78 is 18.7. The van der Waals surface area contributed by atoms with Crippen molar-refractivity contribution in [1.82, 2.24) is 9.88 Å². The quantitative estimate of drug-likeness (QED) is 0.432. The van der Waals surface area contributed by atoms with Crippen LogP contribution in [0.15, 0.2) is 54.7 Å². The number of pyridine rings is 1. The minimum Gasteiger partial charge on any atom is -0.497 e. The summed E-state index contributed by atoms with van der Waals surface area (Å²) in [5.41, 5.74) is 2.54. The molecule has 0 bridgehead atoms. The predicted octanol–water partition coefficient (Wildman–Crippen LogP) is 4.85. The normalized spacial score (nSPS) is 19.5. The summed E-state index contributed by atoms with van der Waals surface area (Å²) in [6.07, 6.45) is 4.54. The third-order valence-electron chi connectivity index (χ3n) is 7.14. The van der Waals surface area contributed by atoms with E-state index in [1.165, 1.54) is 6.07 Å². The smallest absolute Gasteiger partial charge is 0.308 e. The Bertz CT molecular complexity index is 1150. The molecule has 186 valence electrons. The van der Waals surface area contributed by atoms with E-state index in [0.717, 1.165) is 54.4 Å². The average Bonchev–Trinajstić information content (AvgIpc) is 2.87. The molecule has 1 saturated heterocycles. The van der Waals surface area contributed by atoms with Gasteiger partial charge >= 0.3 is 5.97 Å². The van der Waals surface area contributed by atoms with E-state index in [4.69, 9.17) is 4.74 Å². The van der Waals surface area contributed by atoms with Crippen LogP contribution in [0.1, 0.15) is 42.9 Å². The number of halogens is 1. The second-order valence-electron chi connectivity index (χ2n) is 9.40. The lowest BCUT2D eigenvalue weighted by molar-refractivity contribution is -0.146. The first-order chi connectivity index (χ1) is 16.9. The number of rotatable bonds is 10. The number of carbonyl (C=O) groups is 1. The topological polar surface area (TPSA) is 82.9 Å². The van der Waals surface area contributed by atoms with Gasteiger partial charge in [-0.25, -0.2) is 4.39 Å². The first-order valence-corrected chi connectivity index (χ1v) is 12.2. The van der Waals surface area contributed by atoms with Crippen LogP contribution < -0.4 is 4.74 Å². The maximum atomic E-state index is 13.4. The van der Waals surface area contributed by atoms with Crippen molar-refractivity contribution in [2.45, 2.75) is 38.2 Å². The number of aryl methyl sites for hydroxylation is 1. The molecule has 2 aromatic carbocycles. The van der Waals surface area contributed by atoms with Gasteiger partial charge < -0.3 is 19.8 Å². The van der Waals surface area contributed by atoms with Gasteiger partial charge in [0.2, 0.25) is 0 Å². The highest BCUT2D eigenvalue weighted by Crippen LogP contribution is 2.33. The Balaban J connectivity index is 1.33. The van der Waals surface area contributed by atoms with Crippen molar-refractivity contribution in [3.63, 3.8) is 0 Å². The number of benzene rings is 2. The summed E-state index contributed by atoms with van der Waals surface area (Å²) in [6.45, 7) is 2.14. The van der Waals surface area contributed by atoms with E-state index >= 15 is 0 Å². The van der Waals surface area contributed by atoms with Crippen LogP contribution in [0.3, 0.4) is 0 Å². The number of ether oxygens (including phenoxy) is 1. The number of nitrogens with zero attached hydrogens (tertiary/aromatic N) is 2. The molecule has 3 aromatic rings. The fraction of sp³-hybridized carbons (Fsp3) is 0.429. The average molecular weight is 481 g/mol. The maximum Gasteiger partial charge on any atom is 0.308 e. The molecule has 1 fully saturated rings. The van der Waals surface area contributed by atoms with E-state index in [9.17, 15) is 19.4 Å². The van der Waals surface area contributed by atoms with Gasteiger partial charge in [-0.05, 0) is 98.6 Å². The van der Waals surface area contributed by atoms with E-state index in [2.05, 4.69) is 9.88 Å². The first-order valence-electron chi connectivity index (χ1n) is 12.2. The molecular weight excluding hydrogens is 447 g/mol. The number of hydrogen-bond donors (Lipinski definition) is 2. The number of aliphatic hydroxyl groups excluding tert-OH is 1. The first kappa shape index (κ1) is 25.1. The second-order valence-corrected chi connectivity index (χ2v) is 9.40. The second kappa shape index (κ2) is 11.6. The molecule has 7 heteroatoms. The summed E-state index contributed by atoms with van der Waals surface area (Å²) in [7, 11) is 1.60. The predicted molar refractivity (Wildman–Crippen MR) is 133 cm³/mol. The number of likely N-dealkylation sites (tertiary alicyclic amines) is 1. The van der Waals surface area contributed by atoms with E-state index in [0.29, 0.717) is 25.1 Å². The van der Waals surface area contributed by atoms with Crippen LogP contribution in [0.4, 0.5) is 4.39 Å². The minimum atomic E-state index is -0.779. The van der Waals surface area contributed by atoms with Gasteiger partial charge in [-0.15, -0.1) is 0 Å². The minimum absolute atomic E-state index is 0.0178. The number of fused-ring (bicyclic) bond motifs is 1. The van der Waals surface area contributed by atoms with E-state index < -0.39 is 18.0 Å². The number of carboxylic acid groups (broad SMARTS) is 1. The monoisotopic (exact) mass is 480 g/mol. The molecule has 6 nitrogen and oxygen atoms in total. The van der Waals surface area contributed by atoms with Crippen LogP contribution in [-0.4, -0.2) is 52.8 Å². The van der Waals surface area contributed by atoms with Crippen LogP contribution in [0.5, 0.6) is 5.75 Å². The fourth-order valence-corrected chi connectivity index (χ4v) is 5.19. The Labute approximate surface area is 205 Å². The van der Waals surface area contributed by atoms with Crippen molar-refractivity contribution < 1.29 is 24.1 Å². The third kappa shape index (κ3) is 6.35.